The smallest absolute Gasteiger partial charge is 0.151 e. The van der Waals surface area contributed by atoms with Gasteiger partial charge in [-0.05, 0) is 25.0 Å². The van der Waals surface area contributed by atoms with Crippen LogP contribution in [0.5, 0.6) is 0 Å². The second-order valence-corrected chi connectivity index (χ2v) is 4.55. The largest absolute Gasteiger partial charge is 0.347 e. The number of fused-ring (bicyclic) bond motifs is 2. The first-order valence-corrected chi connectivity index (χ1v) is 5.70. The van der Waals surface area contributed by atoms with E-state index in [1.807, 2.05) is 12.1 Å². The molecular weight excluding hydrogens is 212 g/mol. The van der Waals surface area contributed by atoms with Gasteiger partial charge in [-0.1, -0.05) is 11.6 Å². The van der Waals surface area contributed by atoms with Crippen LogP contribution in [0.2, 0.25) is 5.15 Å². The van der Waals surface area contributed by atoms with Gasteiger partial charge in [-0.3, -0.25) is 0 Å². The lowest BCUT2D eigenvalue weighted by molar-refractivity contribution is 0.479. The second kappa shape index (κ2) is 3.61. The summed E-state index contributed by atoms with van der Waals surface area (Å²) in [6, 6.07) is 4.94. The molecule has 2 aliphatic heterocycles. The van der Waals surface area contributed by atoms with Gasteiger partial charge in [0.05, 0.1) is 0 Å². The summed E-state index contributed by atoms with van der Waals surface area (Å²) < 4.78 is 0. The lowest BCUT2D eigenvalue weighted by Crippen LogP contribution is -2.52. The van der Waals surface area contributed by atoms with Crippen molar-refractivity contribution >= 4 is 17.4 Å². The summed E-state index contributed by atoms with van der Waals surface area (Å²) in [5.74, 6) is 0.966. The highest BCUT2D eigenvalue weighted by Gasteiger charge is 2.37. The van der Waals surface area contributed by atoms with E-state index in [-0.39, 0.29) is 0 Å². The van der Waals surface area contributed by atoms with Gasteiger partial charge in [-0.25, -0.2) is 0 Å². The fourth-order valence-electron chi connectivity index (χ4n) is 2.60. The Kier molecular flexibility index (Phi) is 2.25. The Balaban J connectivity index is 1.90. The minimum Gasteiger partial charge on any atom is -0.347 e. The Morgan fingerprint density at radius 2 is 1.93 bits per heavy atom. The van der Waals surface area contributed by atoms with E-state index in [1.54, 1.807) is 0 Å². The zero-order valence-corrected chi connectivity index (χ0v) is 9.11. The number of aromatic nitrogens is 2. The molecule has 2 fully saturated rings. The van der Waals surface area contributed by atoms with Crippen molar-refractivity contribution in [2.24, 2.45) is 0 Å². The van der Waals surface area contributed by atoms with E-state index in [4.69, 9.17) is 11.6 Å². The highest BCUT2D eigenvalue weighted by atomic mass is 35.5. The van der Waals surface area contributed by atoms with Crippen LogP contribution in [0.1, 0.15) is 12.8 Å². The van der Waals surface area contributed by atoms with Gasteiger partial charge in [0.2, 0.25) is 0 Å². The molecule has 1 aromatic rings. The molecule has 2 atom stereocenters. The van der Waals surface area contributed by atoms with Gasteiger partial charge < -0.3 is 10.2 Å². The van der Waals surface area contributed by atoms with E-state index in [9.17, 15) is 0 Å². The van der Waals surface area contributed by atoms with E-state index in [1.165, 1.54) is 12.8 Å². The van der Waals surface area contributed by atoms with E-state index in [0.717, 1.165) is 18.9 Å². The van der Waals surface area contributed by atoms with Gasteiger partial charge >= 0.3 is 0 Å². The third kappa shape index (κ3) is 1.58. The first-order valence-electron chi connectivity index (χ1n) is 5.33. The van der Waals surface area contributed by atoms with Crippen LogP contribution in [0, 0.1) is 0 Å². The molecule has 0 aromatic carbocycles. The minimum atomic E-state index is 0.459. The normalized spacial score (nSPS) is 29.5. The molecule has 5 heteroatoms. The van der Waals surface area contributed by atoms with Crippen molar-refractivity contribution < 1.29 is 0 Å². The number of hydrogen-bond acceptors (Lipinski definition) is 4. The second-order valence-electron chi connectivity index (χ2n) is 4.16. The molecule has 3 heterocycles. The lowest BCUT2D eigenvalue weighted by atomic mass is 10.2. The van der Waals surface area contributed by atoms with Gasteiger partial charge in [0.15, 0.2) is 11.0 Å². The van der Waals surface area contributed by atoms with Crippen molar-refractivity contribution in [2.45, 2.75) is 24.9 Å². The van der Waals surface area contributed by atoms with Gasteiger partial charge in [0, 0.05) is 25.2 Å². The van der Waals surface area contributed by atoms with Crippen LogP contribution < -0.4 is 10.2 Å². The van der Waals surface area contributed by atoms with E-state index in [0.29, 0.717) is 17.2 Å². The molecule has 0 spiro atoms. The van der Waals surface area contributed by atoms with Crippen molar-refractivity contribution in [3.05, 3.63) is 17.3 Å². The first kappa shape index (κ1) is 9.36. The van der Waals surface area contributed by atoms with Crippen LogP contribution in [-0.4, -0.2) is 35.4 Å². The fourth-order valence-corrected chi connectivity index (χ4v) is 2.70. The molecule has 1 aromatic heterocycles. The summed E-state index contributed by atoms with van der Waals surface area (Å²) >= 11 is 5.73. The summed E-state index contributed by atoms with van der Waals surface area (Å²) in [5.41, 5.74) is 0. The van der Waals surface area contributed by atoms with Crippen molar-refractivity contribution in [2.75, 3.05) is 18.0 Å². The molecule has 2 bridgehead atoms. The molecule has 2 aliphatic rings. The first-order chi connectivity index (χ1) is 7.34. The molecule has 0 amide bonds. The third-order valence-electron chi connectivity index (χ3n) is 3.26. The standard InChI is InChI=1S/C10H13ClN4/c11-9-3-4-10(14-13-9)15-7-1-2-8(15)6-12-5-7/h3-4,7-8,12H,1-2,5-6H2/t7-,8+. The molecule has 1 N–H and O–H groups in total. The van der Waals surface area contributed by atoms with Crippen molar-refractivity contribution in [3.63, 3.8) is 0 Å². The summed E-state index contributed by atoms with van der Waals surface area (Å²) in [4.78, 5) is 2.39. The van der Waals surface area contributed by atoms with Gasteiger partial charge in [0.25, 0.3) is 0 Å². The number of anilines is 1. The van der Waals surface area contributed by atoms with Crippen molar-refractivity contribution in [1.29, 1.82) is 0 Å². The molecule has 0 unspecified atom stereocenters. The Hall–Kier alpha value is -0.870. The fraction of sp³-hybridized carbons (Fsp3) is 0.600. The quantitative estimate of drug-likeness (QED) is 0.775. The zero-order chi connectivity index (χ0) is 10.3. The Labute approximate surface area is 93.6 Å². The highest BCUT2D eigenvalue weighted by Crippen LogP contribution is 2.30. The molecule has 0 radical (unpaired) electrons. The molecule has 2 saturated heterocycles. The van der Waals surface area contributed by atoms with Crippen LogP contribution in [0.4, 0.5) is 5.82 Å². The number of piperazine rings is 1. The maximum Gasteiger partial charge on any atom is 0.151 e. The Bertz CT molecular complexity index is 337. The lowest BCUT2D eigenvalue weighted by Gasteiger charge is -2.35. The van der Waals surface area contributed by atoms with Crippen LogP contribution in [0.3, 0.4) is 0 Å². The number of halogens is 1. The van der Waals surface area contributed by atoms with Crippen LogP contribution >= 0.6 is 11.6 Å². The molecular formula is C10H13ClN4. The van der Waals surface area contributed by atoms with E-state index in [2.05, 4.69) is 20.4 Å². The topological polar surface area (TPSA) is 41.0 Å². The highest BCUT2D eigenvalue weighted by molar-refractivity contribution is 6.29. The van der Waals surface area contributed by atoms with Crippen LogP contribution in [0.25, 0.3) is 0 Å². The molecule has 0 aliphatic carbocycles. The third-order valence-corrected chi connectivity index (χ3v) is 3.46. The van der Waals surface area contributed by atoms with Gasteiger partial charge in [-0.15, -0.1) is 10.2 Å². The predicted molar refractivity (Wildman–Crippen MR) is 59.2 cm³/mol. The minimum absolute atomic E-state index is 0.459. The molecule has 80 valence electrons. The monoisotopic (exact) mass is 224 g/mol. The van der Waals surface area contributed by atoms with E-state index < -0.39 is 0 Å². The summed E-state index contributed by atoms with van der Waals surface area (Å²) in [5, 5.41) is 12.0. The maximum absolute atomic E-state index is 5.73. The Morgan fingerprint density at radius 1 is 1.20 bits per heavy atom. The average molecular weight is 225 g/mol. The molecule has 15 heavy (non-hydrogen) atoms. The predicted octanol–water partition coefficient (Wildman–Crippen LogP) is 1.07. The Morgan fingerprint density at radius 3 is 2.53 bits per heavy atom. The number of nitrogens with zero attached hydrogens (tertiary/aromatic N) is 3. The summed E-state index contributed by atoms with van der Waals surface area (Å²) in [7, 11) is 0. The van der Waals surface area contributed by atoms with Crippen molar-refractivity contribution in [3.8, 4) is 0 Å². The zero-order valence-electron chi connectivity index (χ0n) is 8.36. The SMILES string of the molecule is Clc1ccc(N2[C@@H]3CC[C@H]2CNC3)nn1. The van der Waals surface area contributed by atoms with Crippen molar-refractivity contribution in [1.82, 2.24) is 15.5 Å². The van der Waals surface area contributed by atoms with Crippen LogP contribution in [-0.2, 0) is 0 Å². The summed E-state index contributed by atoms with van der Waals surface area (Å²) in [6.45, 7) is 2.11. The molecule has 0 saturated carbocycles. The van der Waals surface area contributed by atoms with Crippen LogP contribution in [0.15, 0.2) is 12.1 Å². The number of hydrogen-bond donors (Lipinski definition) is 1. The van der Waals surface area contributed by atoms with E-state index >= 15 is 0 Å². The summed E-state index contributed by atoms with van der Waals surface area (Å²) in [6.07, 6.45) is 2.50. The van der Waals surface area contributed by atoms with Gasteiger partial charge in [-0.2, -0.15) is 0 Å². The maximum atomic E-state index is 5.73. The number of nitrogens with one attached hydrogen (secondary N) is 1. The number of rotatable bonds is 1. The average Bonchev–Trinajstić information content (AvgIpc) is 2.51. The molecule has 4 nitrogen and oxygen atoms in total. The van der Waals surface area contributed by atoms with Gasteiger partial charge in [0.1, 0.15) is 0 Å². The molecule has 3 rings (SSSR count).